The number of carbonyl (C=O) groups is 6. The standard InChI is InChI=1S/C52H70N8O10.2ClH/c1-35(53-5)47(61)55-45(49(63)57-25-17-23-41(57)31-59-43(33-69-51(59)65)29-39-19-11-9-12-20-39)37(3)67-27-15-7-8-16-28-68-38(4)46(56-48(62)36(2)54-6)50(64)58-26-18-24-42(58)32-60-44(34-70-52(60)66)30-40-21-13-10-14-22-40;;/h9-14,19-22,35-38,41-46,53-54H,17-18,23-34H2,1-6H3,(H,55,61)(H,56,62);2*1H/t35-,36-,37+,38+,41-,42-,43-,44-,45-,46-;;/m0../s1. The molecule has 6 rings (SSSR count). The second-order valence-corrected chi connectivity index (χ2v) is 18.4. The summed E-state index contributed by atoms with van der Waals surface area (Å²) in [6.07, 6.45) is 1.77. The molecule has 0 radical (unpaired) electrons. The van der Waals surface area contributed by atoms with Gasteiger partial charge in [-0.3, -0.25) is 29.0 Å². The highest BCUT2D eigenvalue weighted by Crippen LogP contribution is 2.27. The van der Waals surface area contributed by atoms with Crippen molar-refractivity contribution >= 4 is 60.6 Å². The summed E-state index contributed by atoms with van der Waals surface area (Å²) in [5, 5.41) is 11.6. The number of amides is 6. The van der Waals surface area contributed by atoms with Gasteiger partial charge < -0.3 is 50.0 Å². The zero-order chi connectivity index (χ0) is 50.2. The number of halogens is 2. The van der Waals surface area contributed by atoms with Gasteiger partial charge in [0.1, 0.15) is 38.5 Å². The van der Waals surface area contributed by atoms with Crippen molar-refractivity contribution in [1.82, 2.24) is 40.9 Å². The molecule has 0 spiro atoms. The van der Waals surface area contributed by atoms with Crippen molar-refractivity contribution in [2.75, 3.05) is 66.7 Å². The summed E-state index contributed by atoms with van der Waals surface area (Å²) < 4.78 is 22.9. The van der Waals surface area contributed by atoms with Gasteiger partial charge in [0.25, 0.3) is 0 Å². The highest BCUT2D eigenvalue weighted by Gasteiger charge is 2.43. The van der Waals surface area contributed by atoms with Crippen molar-refractivity contribution in [2.24, 2.45) is 0 Å². The first kappa shape index (κ1) is 59.0. The van der Waals surface area contributed by atoms with Gasteiger partial charge in [-0.2, -0.15) is 0 Å². The second-order valence-electron chi connectivity index (χ2n) is 18.4. The minimum atomic E-state index is -1.03. The molecule has 4 N–H and O–H groups in total. The fourth-order valence-electron chi connectivity index (χ4n) is 9.26. The number of cyclic esters (lactones) is 2. The summed E-state index contributed by atoms with van der Waals surface area (Å²) in [6.45, 7) is 8.71. The molecule has 2 aromatic carbocycles. The van der Waals surface area contributed by atoms with E-state index in [2.05, 4.69) is 44.9 Å². The van der Waals surface area contributed by atoms with Gasteiger partial charge in [-0.15, -0.1) is 24.8 Å². The maximum absolute atomic E-state index is 14.3. The van der Waals surface area contributed by atoms with Crippen LogP contribution in [0.15, 0.2) is 60.7 Å². The number of nitrogens with one attached hydrogen (secondary N) is 4. The van der Waals surface area contributed by atoms with Crippen molar-refractivity contribution in [3.63, 3.8) is 0 Å². The van der Waals surface area contributed by atoms with Crippen molar-refractivity contribution < 1.29 is 47.7 Å². The molecule has 394 valence electrons. The Bertz CT molecular complexity index is 2090. The monoisotopic (exact) mass is 1040 g/mol. The summed E-state index contributed by atoms with van der Waals surface area (Å²) in [6, 6.07) is 15.7. The Balaban J connectivity index is 0.00000562. The predicted molar refractivity (Wildman–Crippen MR) is 275 cm³/mol. The Labute approximate surface area is 436 Å². The van der Waals surface area contributed by atoms with Gasteiger partial charge in [0.15, 0.2) is 0 Å². The lowest BCUT2D eigenvalue weighted by molar-refractivity contribution is -0.141. The van der Waals surface area contributed by atoms with Crippen molar-refractivity contribution in [1.29, 1.82) is 0 Å². The van der Waals surface area contributed by atoms with Crippen LogP contribution in [0.5, 0.6) is 0 Å². The number of nitrogens with zero attached hydrogens (tertiary/aromatic N) is 4. The molecule has 18 nitrogen and oxygen atoms in total. The van der Waals surface area contributed by atoms with E-state index in [0.29, 0.717) is 51.9 Å². The van der Waals surface area contributed by atoms with Crippen molar-refractivity contribution in [3.05, 3.63) is 71.8 Å². The average molecular weight is 1040 g/mol. The minimum Gasteiger partial charge on any atom is -0.447 e. The lowest BCUT2D eigenvalue weighted by atomic mass is 10.0. The van der Waals surface area contributed by atoms with Gasteiger partial charge in [0, 0.05) is 38.3 Å². The maximum atomic E-state index is 14.3. The quantitative estimate of drug-likeness (QED) is 0.126. The number of hydrogen-bond acceptors (Lipinski definition) is 12. The van der Waals surface area contributed by atoms with Crippen LogP contribution in [0, 0.1) is 23.7 Å². The zero-order valence-corrected chi connectivity index (χ0v) is 43.8. The molecule has 4 saturated heterocycles. The summed E-state index contributed by atoms with van der Waals surface area (Å²) in [5.41, 5.74) is 2.17. The predicted octanol–water partition coefficient (Wildman–Crippen LogP) is 2.94. The first-order valence-electron chi connectivity index (χ1n) is 24.5. The van der Waals surface area contributed by atoms with Crippen molar-refractivity contribution in [2.45, 2.75) is 127 Å². The molecule has 20 heteroatoms. The highest BCUT2D eigenvalue weighted by molar-refractivity contribution is 5.91. The van der Waals surface area contributed by atoms with Gasteiger partial charge in [-0.25, -0.2) is 9.59 Å². The van der Waals surface area contributed by atoms with Crippen LogP contribution in [-0.2, 0) is 51.0 Å². The molecule has 6 amide bonds. The fraction of sp³-hybridized carbons (Fsp3) is 0.577. The van der Waals surface area contributed by atoms with Crippen LogP contribution in [0.4, 0.5) is 9.59 Å². The van der Waals surface area contributed by atoms with Gasteiger partial charge in [0.2, 0.25) is 23.6 Å². The minimum absolute atomic E-state index is 0. The number of hydrogen-bond donors (Lipinski definition) is 4. The van der Waals surface area contributed by atoms with Crippen molar-refractivity contribution in [3.8, 4) is 23.7 Å². The van der Waals surface area contributed by atoms with E-state index in [1.807, 2.05) is 60.7 Å². The Kier molecular flexibility index (Phi) is 23.9. The van der Waals surface area contributed by atoms with Crippen LogP contribution in [0.3, 0.4) is 0 Å². The molecule has 0 aromatic heterocycles. The molecule has 0 unspecified atom stereocenters. The van der Waals surface area contributed by atoms with E-state index in [1.54, 1.807) is 61.4 Å². The third kappa shape index (κ3) is 15.9. The molecule has 0 saturated carbocycles. The van der Waals surface area contributed by atoms with E-state index in [9.17, 15) is 28.8 Å². The number of rotatable bonds is 22. The molecule has 4 aliphatic heterocycles. The first-order valence-corrected chi connectivity index (χ1v) is 24.5. The molecule has 4 fully saturated rings. The molecular formula is C52H72Cl2N8O10. The molecule has 4 heterocycles. The Morgan fingerprint density at radius 2 is 0.986 bits per heavy atom. The van der Waals surface area contributed by atoms with Gasteiger partial charge in [-0.05, 0) is 103 Å². The summed E-state index contributed by atoms with van der Waals surface area (Å²) in [5.74, 6) is 9.81. The van der Waals surface area contributed by atoms with E-state index < -0.39 is 48.6 Å². The van der Waals surface area contributed by atoms with Crippen LogP contribution in [0.25, 0.3) is 0 Å². The second kappa shape index (κ2) is 29.2. The lowest BCUT2D eigenvalue weighted by Gasteiger charge is -2.34. The molecule has 0 bridgehead atoms. The van der Waals surface area contributed by atoms with Crippen LogP contribution in [0.1, 0.15) is 64.5 Å². The maximum Gasteiger partial charge on any atom is 0.410 e. The van der Waals surface area contributed by atoms with Crippen LogP contribution >= 0.6 is 24.8 Å². The largest absolute Gasteiger partial charge is 0.447 e. The van der Waals surface area contributed by atoms with E-state index in [0.717, 1.165) is 24.0 Å². The Hall–Kier alpha value is -5.60. The zero-order valence-electron chi connectivity index (χ0n) is 42.1. The van der Waals surface area contributed by atoms with Gasteiger partial charge in [0.05, 0.1) is 36.4 Å². The third-order valence-electron chi connectivity index (χ3n) is 13.7. The molecule has 2 aromatic rings. The topological polar surface area (TPSA) is 200 Å². The number of benzene rings is 2. The summed E-state index contributed by atoms with van der Waals surface area (Å²) in [4.78, 5) is 87.6. The Morgan fingerprint density at radius 1 is 0.611 bits per heavy atom. The Morgan fingerprint density at radius 3 is 1.35 bits per heavy atom. The van der Waals surface area contributed by atoms with Crippen LogP contribution in [-0.4, -0.2) is 183 Å². The van der Waals surface area contributed by atoms with Crippen LogP contribution < -0.4 is 21.3 Å². The third-order valence-corrected chi connectivity index (χ3v) is 13.7. The van der Waals surface area contributed by atoms with E-state index in [4.69, 9.17) is 18.9 Å². The molecule has 4 aliphatic rings. The van der Waals surface area contributed by atoms with E-state index >= 15 is 0 Å². The van der Waals surface area contributed by atoms with Gasteiger partial charge >= 0.3 is 12.2 Å². The summed E-state index contributed by atoms with van der Waals surface area (Å²) >= 11 is 0. The van der Waals surface area contributed by atoms with Gasteiger partial charge in [-0.1, -0.05) is 72.5 Å². The lowest BCUT2D eigenvalue weighted by Crippen LogP contribution is -2.59. The molecule has 10 atom stereocenters. The number of likely N-dealkylation sites (tertiary alicyclic amines) is 2. The highest BCUT2D eigenvalue weighted by atomic mass is 35.5. The van der Waals surface area contributed by atoms with E-state index in [1.165, 1.54) is 0 Å². The number of carbonyl (C=O) groups excluding carboxylic acids is 6. The average Bonchev–Trinajstić information content (AvgIpc) is 4.19. The molecule has 0 aliphatic carbocycles. The normalized spacial score (nSPS) is 21.8. The molecular weight excluding hydrogens is 968 g/mol. The van der Waals surface area contributed by atoms with Crippen LogP contribution in [0.2, 0.25) is 0 Å². The fourth-order valence-corrected chi connectivity index (χ4v) is 9.26. The molecule has 72 heavy (non-hydrogen) atoms. The first-order chi connectivity index (χ1) is 33.8. The van der Waals surface area contributed by atoms with E-state index in [-0.39, 0.29) is 99.0 Å². The SMILES string of the molecule is CN[C@@H](C)C(=O)N[C@H](C(=O)N1CCC[C@H]1CN1C(=O)OC[C@@H]1Cc1ccccc1)[C@@H](C)OCC#CC#CCO[C@H](C)[C@H](NC(=O)[C@H](C)NC)C(=O)N1CCC[C@H]1CN1C(=O)OC[C@@H]1Cc1ccccc1.Cl.Cl. The smallest absolute Gasteiger partial charge is 0.410 e. The summed E-state index contributed by atoms with van der Waals surface area (Å²) in [7, 11) is 3.32. The number of ether oxygens (including phenoxy) is 4. The number of likely N-dealkylation sites (N-methyl/N-ethyl adjacent to an activating group) is 2.